The van der Waals surface area contributed by atoms with Gasteiger partial charge in [-0.15, -0.1) is 11.8 Å². The lowest BCUT2D eigenvalue weighted by Crippen LogP contribution is -2.08. The molecule has 156 valence electrons. The Labute approximate surface area is 180 Å². The number of hydrogen-bond acceptors (Lipinski definition) is 6. The lowest BCUT2D eigenvalue weighted by atomic mass is 10.0. The number of aromatic nitrogens is 2. The van der Waals surface area contributed by atoms with Crippen LogP contribution in [0.5, 0.6) is 5.75 Å². The molecule has 0 aliphatic rings. The number of carbonyl (C=O) groups is 1. The first-order chi connectivity index (χ1) is 14.4. The number of carboxylic acid groups (broad SMARTS) is 1. The van der Waals surface area contributed by atoms with Crippen molar-refractivity contribution in [2.75, 3.05) is 25.2 Å². The molecule has 0 saturated carbocycles. The number of methoxy groups -OCH3 is 1. The van der Waals surface area contributed by atoms with Gasteiger partial charge in [0.05, 0.1) is 18.4 Å². The van der Waals surface area contributed by atoms with Gasteiger partial charge in [-0.2, -0.15) is 0 Å². The maximum absolute atomic E-state index is 11.3. The Bertz CT molecular complexity index is 1070. The molecule has 0 atom stereocenters. The van der Waals surface area contributed by atoms with Crippen LogP contribution in [0, 0.1) is 13.8 Å². The zero-order valence-electron chi connectivity index (χ0n) is 17.5. The molecule has 1 aromatic heterocycles. The van der Waals surface area contributed by atoms with Gasteiger partial charge < -0.3 is 15.2 Å². The molecular formula is C23H25N3O3S. The van der Waals surface area contributed by atoms with Crippen molar-refractivity contribution in [2.45, 2.75) is 25.2 Å². The smallest absolute Gasteiger partial charge is 0.336 e. The van der Waals surface area contributed by atoms with Gasteiger partial charge in [-0.25, -0.2) is 14.8 Å². The molecule has 0 radical (unpaired) electrons. The Balaban J connectivity index is 1.74. The van der Waals surface area contributed by atoms with Gasteiger partial charge in [0.2, 0.25) is 0 Å². The Hall–Kier alpha value is -3.06. The number of ether oxygens (including phenoxy) is 1. The van der Waals surface area contributed by atoms with E-state index in [9.17, 15) is 9.90 Å². The average molecular weight is 424 g/mol. The van der Waals surface area contributed by atoms with Crippen molar-refractivity contribution in [1.82, 2.24) is 9.97 Å². The van der Waals surface area contributed by atoms with E-state index in [1.54, 1.807) is 19.2 Å². The molecule has 0 fully saturated rings. The molecule has 30 heavy (non-hydrogen) atoms. The molecule has 2 N–H and O–H groups in total. The van der Waals surface area contributed by atoms with Crippen molar-refractivity contribution in [3.8, 4) is 17.0 Å². The van der Waals surface area contributed by atoms with E-state index in [1.807, 2.05) is 18.4 Å². The van der Waals surface area contributed by atoms with Gasteiger partial charge in [0.25, 0.3) is 0 Å². The fourth-order valence-electron chi connectivity index (χ4n) is 3.20. The van der Waals surface area contributed by atoms with E-state index in [2.05, 4.69) is 41.3 Å². The van der Waals surface area contributed by atoms with E-state index in [0.29, 0.717) is 17.0 Å². The summed E-state index contributed by atoms with van der Waals surface area (Å²) in [5.41, 5.74) is 5.48. The number of benzene rings is 2. The minimum absolute atomic E-state index is 0.293. The zero-order chi connectivity index (χ0) is 21.7. The number of hydrogen-bond donors (Lipinski definition) is 2. The number of nitrogens with one attached hydrogen (secondary N) is 1. The third kappa shape index (κ3) is 4.91. The molecule has 0 saturated heterocycles. The van der Waals surface area contributed by atoms with E-state index in [1.165, 1.54) is 29.2 Å². The third-order valence-electron chi connectivity index (χ3n) is 4.99. The standard InChI is InChI=1S/C23H25N3O3S/c1-14-9-17(20(29-3)10-15(14)2)7-8-24-22-12-19(25-13-26-22)16-5-6-18(23(27)28)21(11-16)30-4/h5-6,9-13H,7-8H2,1-4H3,(H,27,28)(H,24,25,26). The number of aromatic carboxylic acids is 1. The SMILES string of the molecule is COc1cc(C)c(C)cc1CCNc1cc(-c2ccc(C(=O)O)c(SC)c2)ncn1. The number of nitrogens with zero attached hydrogens (tertiary/aromatic N) is 2. The highest BCUT2D eigenvalue weighted by atomic mass is 32.2. The highest BCUT2D eigenvalue weighted by molar-refractivity contribution is 7.98. The molecule has 1 heterocycles. The second-order valence-corrected chi connectivity index (χ2v) is 7.78. The molecule has 6 nitrogen and oxygen atoms in total. The van der Waals surface area contributed by atoms with Crippen molar-refractivity contribution in [3.63, 3.8) is 0 Å². The molecule has 0 aliphatic heterocycles. The molecule has 0 aliphatic carbocycles. The van der Waals surface area contributed by atoms with Gasteiger partial charge in [-0.3, -0.25) is 0 Å². The first-order valence-electron chi connectivity index (χ1n) is 9.54. The molecule has 3 aromatic rings. The first kappa shape index (κ1) is 21.6. The van der Waals surface area contributed by atoms with Crippen LogP contribution in [0.1, 0.15) is 27.0 Å². The molecule has 2 aromatic carbocycles. The van der Waals surface area contributed by atoms with E-state index < -0.39 is 5.97 Å². The summed E-state index contributed by atoms with van der Waals surface area (Å²) in [5, 5.41) is 12.6. The second-order valence-electron chi connectivity index (χ2n) is 6.93. The van der Waals surface area contributed by atoms with Crippen LogP contribution in [0.3, 0.4) is 0 Å². The molecule has 0 spiro atoms. The lowest BCUT2D eigenvalue weighted by molar-refractivity contribution is 0.0693. The van der Waals surface area contributed by atoms with Crippen LogP contribution < -0.4 is 10.1 Å². The summed E-state index contributed by atoms with van der Waals surface area (Å²) in [6, 6.07) is 11.3. The van der Waals surface area contributed by atoms with Crippen LogP contribution in [0.4, 0.5) is 5.82 Å². The van der Waals surface area contributed by atoms with Crippen molar-refractivity contribution in [3.05, 3.63) is 65.0 Å². The van der Waals surface area contributed by atoms with Gasteiger partial charge in [-0.1, -0.05) is 12.1 Å². The molecule has 0 unspecified atom stereocenters. The summed E-state index contributed by atoms with van der Waals surface area (Å²) in [5.74, 6) is 0.680. The quantitative estimate of drug-likeness (QED) is 0.501. The van der Waals surface area contributed by atoms with E-state index in [0.717, 1.165) is 34.8 Å². The van der Waals surface area contributed by atoms with Gasteiger partial charge in [0.15, 0.2) is 0 Å². The number of aryl methyl sites for hydroxylation is 2. The highest BCUT2D eigenvalue weighted by Gasteiger charge is 2.12. The Morgan fingerprint density at radius 1 is 1.13 bits per heavy atom. The van der Waals surface area contributed by atoms with Crippen LogP contribution >= 0.6 is 11.8 Å². The summed E-state index contributed by atoms with van der Waals surface area (Å²) in [7, 11) is 1.69. The highest BCUT2D eigenvalue weighted by Crippen LogP contribution is 2.28. The van der Waals surface area contributed by atoms with E-state index in [-0.39, 0.29) is 0 Å². The largest absolute Gasteiger partial charge is 0.496 e. The topological polar surface area (TPSA) is 84.3 Å². The fraction of sp³-hybridized carbons (Fsp3) is 0.261. The van der Waals surface area contributed by atoms with Crippen molar-refractivity contribution < 1.29 is 14.6 Å². The van der Waals surface area contributed by atoms with Crippen molar-refractivity contribution in [2.24, 2.45) is 0 Å². The normalized spacial score (nSPS) is 10.7. The third-order valence-corrected chi connectivity index (χ3v) is 5.77. The minimum Gasteiger partial charge on any atom is -0.496 e. The average Bonchev–Trinajstić information content (AvgIpc) is 2.75. The van der Waals surface area contributed by atoms with Gasteiger partial charge in [-0.05, 0) is 61.4 Å². The molecule has 7 heteroatoms. The predicted octanol–water partition coefficient (Wildman–Crippen LogP) is 4.84. The van der Waals surface area contributed by atoms with E-state index in [4.69, 9.17) is 4.74 Å². The Morgan fingerprint density at radius 2 is 1.90 bits per heavy atom. The molecule has 3 rings (SSSR count). The van der Waals surface area contributed by atoms with Gasteiger partial charge in [0, 0.05) is 23.1 Å². The Morgan fingerprint density at radius 3 is 2.60 bits per heavy atom. The summed E-state index contributed by atoms with van der Waals surface area (Å²) in [6.45, 7) is 4.87. The second kappa shape index (κ2) is 9.63. The maximum Gasteiger partial charge on any atom is 0.336 e. The van der Waals surface area contributed by atoms with Crippen LogP contribution in [-0.2, 0) is 6.42 Å². The number of anilines is 1. The van der Waals surface area contributed by atoms with Gasteiger partial charge in [0.1, 0.15) is 17.9 Å². The molecule has 0 amide bonds. The predicted molar refractivity (Wildman–Crippen MR) is 121 cm³/mol. The monoisotopic (exact) mass is 423 g/mol. The van der Waals surface area contributed by atoms with Crippen LogP contribution in [0.15, 0.2) is 47.6 Å². The van der Waals surface area contributed by atoms with Crippen LogP contribution in [-0.4, -0.2) is 41.0 Å². The van der Waals surface area contributed by atoms with Crippen LogP contribution in [0.25, 0.3) is 11.3 Å². The summed E-state index contributed by atoms with van der Waals surface area (Å²) >= 11 is 1.40. The van der Waals surface area contributed by atoms with Gasteiger partial charge >= 0.3 is 5.97 Å². The number of rotatable bonds is 8. The lowest BCUT2D eigenvalue weighted by Gasteiger charge is -2.13. The number of thioether (sulfide) groups is 1. The van der Waals surface area contributed by atoms with Crippen LogP contribution in [0.2, 0.25) is 0 Å². The molecule has 0 bridgehead atoms. The number of carboxylic acids is 1. The summed E-state index contributed by atoms with van der Waals surface area (Å²) in [6.07, 6.45) is 4.17. The minimum atomic E-state index is -0.933. The molecular weight excluding hydrogens is 398 g/mol. The summed E-state index contributed by atoms with van der Waals surface area (Å²) < 4.78 is 5.51. The Kier molecular flexibility index (Phi) is 6.95. The zero-order valence-corrected chi connectivity index (χ0v) is 18.3. The maximum atomic E-state index is 11.3. The summed E-state index contributed by atoms with van der Waals surface area (Å²) in [4.78, 5) is 20.7. The van der Waals surface area contributed by atoms with Crippen molar-refractivity contribution in [1.29, 1.82) is 0 Å². The fourth-order valence-corrected chi connectivity index (χ4v) is 3.82. The van der Waals surface area contributed by atoms with Crippen molar-refractivity contribution >= 4 is 23.5 Å². The van der Waals surface area contributed by atoms with E-state index >= 15 is 0 Å². The first-order valence-corrected chi connectivity index (χ1v) is 10.8.